The summed E-state index contributed by atoms with van der Waals surface area (Å²) in [5, 5.41) is 0. The second-order valence-electron chi connectivity index (χ2n) is 4.45. The smallest absolute Gasteiger partial charge is 0.129 e. The molecule has 1 saturated carbocycles. The van der Waals surface area contributed by atoms with Gasteiger partial charge in [-0.05, 0) is 37.3 Å². The molecule has 3 heteroatoms. The van der Waals surface area contributed by atoms with Crippen LogP contribution in [0.4, 0.5) is 8.78 Å². The van der Waals surface area contributed by atoms with Crippen molar-refractivity contribution in [3.8, 4) is 0 Å². The van der Waals surface area contributed by atoms with Crippen molar-refractivity contribution in [1.29, 1.82) is 0 Å². The van der Waals surface area contributed by atoms with E-state index in [1.54, 1.807) is 0 Å². The van der Waals surface area contributed by atoms with Crippen LogP contribution in [0.2, 0.25) is 0 Å². The first-order chi connectivity index (χ1) is 7.68. The predicted octanol–water partition coefficient (Wildman–Crippen LogP) is 4.78. The Hall–Kier alpha value is -0.440. The lowest BCUT2D eigenvalue weighted by atomic mass is 9.91. The largest absolute Gasteiger partial charge is 0.207 e. The van der Waals surface area contributed by atoms with Crippen LogP contribution in [0.5, 0.6) is 0 Å². The minimum Gasteiger partial charge on any atom is -0.207 e. The van der Waals surface area contributed by atoms with Crippen molar-refractivity contribution in [2.24, 2.45) is 0 Å². The van der Waals surface area contributed by atoms with Gasteiger partial charge in [-0.3, -0.25) is 0 Å². The molecule has 1 aromatic rings. The normalized spacial score (nSPS) is 26.4. The monoisotopic (exact) mass is 288 g/mol. The van der Waals surface area contributed by atoms with Gasteiger partial charge in [-0.25, -0.2) is 8.78 Å². The van der Waals surface area contributed by atoms with Crippen molar-refractivity contribution in [2.45, 2.75) is 42.8 Å². The molecule has 0 N–H and O–H groups in total. The molecule has 0 bridgehead atoms. The van der Waals surface area contributed by atoms with E-state index in [1.165, 1.54) is 18.2 Å². The van der Waals surface area contributed by atoms with Gasteiger partial charge in [0.2, 0.25) is 0 Å². The van der Waals surface area contributed by atoms with Crippen molar-refractivity contribution < 1.29 is 8.78 Å². The molecule has 0 aliphatic heterocycles. The fourth-order valence-electron chi connectivity index (χ4n) is 2.46. The van der Waals surface area contributed by atoms with E-state index in [4.69, 9.17) is 0 Å². The SMILES string of the molecule is Fc1cccc(F)c1C1CCCCC(Br)C1. The summed E-state index contributed by atoms with van der Waals surface area (Å²) in [4.78, 5) is 0.388. The maximum absolute atomic E-state index is 13.6. The van der Waals surface area contributed by atoms with E-state index >= 15 is 0 Å². The molecule has 0 aromatic heterocycles. The topological polar surface area (TPSA) is 0 Å². The maximum Gasteiger partial charge on any atom is 0.129 e. The fraction of sp³-hybridized carbons (Fsp3) is 0.538. The van der Waals surface area contributed by atoms with Crippen molar-refractivity contribution in [3.63, 3.8) is 0 Å². The first-order valence-electron chi connectivity index (χ1n) is 5.76. The Bertz CT molecular complexity index is 345. The second kappa shape index (κ2) is 5.26. The van der Waals surface area contributed by atoms with Gasteiger partial charge >= 0.3 is 0 Å². The summed E-state index contributed by atoms with van der Waals surface area (Å²) in [6, 6.07) is 4.13. The van der Waals surface area contributed by atoms with Crippen LogP contribution in [-0.4, -0.2) is 4.83 Å². The summed E-state index contributed by atoms with van der Waals surface area (Å²) in [5.74, 6) is -0.772. The Labute approximate surface area is 103 Å². The first-order valence-corrected chi connectivity index (χ1v) is 6.68. The second-order valence-corrected chi connectivity index (χ2v) is 5.74. The highest BCUT2D eigenvalue weighted by Gasteiger charge is 2.24. The van der Waals surface area contributed by atoms with E-state index in [0.717, 1.165) is 32.1 Å². The quantitative estimate of drug-likeness (QED) is 0.515. The Kier molecular flexibility index (Phi) is 3.95. The number of rotatable bonds is 1. The number of alkyl halides is 1. The highest BCUT2D eigenvalue weighted by atomic mass is 79.9. The predicted molar refractivity (Wildman–Crippen MR) is 64.9 cm³/mol. The molecule has 1 aliphatic carbocycles. The van der Waals surface area contributed by atoms with Crippen molar-refractivity contribution in [2.75, 3.05) is 0 Å². The number of hydrogen-bond acceptors (Lipinski definition) is 0. The average Bonchev–Trinajstić information content (AvgIpc) is 2.43. The van der Waals surface area contributed by atoms with E-state index in [2.05, 4.69) is 15.9 Å². The average molecular weight is 289 g/mol. The third kappa shape index (κ3) is 2.62. The van der Waals surface area contributed by atoms with Gasteiger partial charge in [-0.2, -0.15) is 0 Å². The summed E-state index contributed by atoms with van der Waals surface area (Å²) in [6.07, 6.45) is 5.02. The number of benzene rings is 1. The van der Waals surface area contributed by atoms with Gasteiger partial charge in [-0.15, -0.1) is 0 Å². The molecule has 0 spiro atoms. The molecule has 1 aromatic carbocycles. The van der Waals surface area contributed by atoms with Crippen LogP contribution in [0.1, 0.15) is 43.6 Å². The summed E-state index contributed by atoms with van der Waals surface area (Å²) >= 11 is 3.58. The van der Waals surface area contributed by atoms with Crippen LogP contribution >= 0.6 is 15.9 Å². The fourth-order valence-corrected chi connectivity index (χ4v) is 3.24. The van der Waals surface area contributed by atoms with Crippen LogP contribution in [0.25, 0.3) is 0 Å². The molecule has 0 saturated heterocycles. The molecule has 2 rings (SSSR count). The molecule has 88 valence electrons. The van der Waals surface area contributed by atoms with E-state index in [-0.39, 0.29) is 11.5 Å². The maximum atomic E-state index is 13.6. The first kappa shape index (κ1) is 12.0. The third-order valence-corrected chi connectivity index (χ3v) is 4.10. The highest BCUT2D eigenvalue weighted by molar-refractivity contribution is 9.09. The Morgan fingerprint density at radius 3 is 2.38 bits per heavy atom. The lowest BCUT2D eigenvalue weighted by molar-refractivity contribution is 0.496. The van der Waals surface area contributed by atoms with Gasteiger partial charge in [0.05, 0.1) is 0 Å². The van der Waals surface area contributed by atoms with Crippen LogP contribution < -0.4 is 0 Å². The van der Waals surface area contributed by atoms with E-state index in [0.29, 0.717) is 4.83 Å². The summed E-state index contributed by atoms with van der Waals surface area (Å²) < 4.78 is 27.3. The Morgan fingerprint density at radius 1 is 1.06 bits per heavy atom. The van der Waals surface area contributed by atoms with Crippen LogP contribution in [0, 0.1) is 11.6 Å². The lowest BCUT2D eigenvalue weighted by Crippen LogP contribution is -2.08. The minimum absolute atomic E-state index is 0.0214. The standard InChI is InChI=1S/C13H15BrF2/c14-10-5-2-1-4-9(8-10)13-11(15)6-3-7-12(13)16/h3,6-7,9-10H,1-2,4-5,8H2. The number of halogens is 3. The summed E-state index contributed by atoms with van der Waals surface area (Å²) in [7, 11) is 0. The molecular weight excluding hydrogens is 274 g/mol. The zero-order valence-electron chi connectivity index (χ0n) is 9.06. The molecule has 0 nitrogen and oxygen atoms in total. The molecule has 0 radical (unpaired) electrons. The van der Waals surface area contributed by atoms with E-state index in [1.807, 2.05) is 0 Å². The van der Waals surface area contributed by atoms with Crippen molar-refractivity contribution >= 4 is 15.9 Å². The molecule has 16 heavy (non-hydrogen) atoms. The Morgan fingerprint density at radius 2 is 1.69 bits per heavy atom. The molecule has 1 fully saturated rings. The molecular formula is C13H15BrF2. The summed E-state index contributed by atoms with van der Waals surface area (Å²) in [6.45, 7) is 0. The molecule has 2 atom stereocenters. The minimum atomic E-state index is -0.397. The lowest BCUT2D eigenvalue weighted by Gasteiger charge is -2.18. The number of hydrogen-bond donors (Lipinski definition) is 0. The van der Waals surface area contributed by atoms with Gasteiger partial charge < -0.3 is 0 Å². The van der Waals surface area contributed by atoms with Crippen LogP contribution in [0.3, 0.4) is 0 Å². The Balaban J connectivity index is 2.28. The van der Waals surface area contributed by atoms with Gasteiger partial charge in [0.15, 0.2) is 0 Å². The van der Waals surface area contributed by atoms with Gasteiger partial charge in [0.25, 0.3) is 0 Å². The molecule has 1 aliphatic rings. The van der Waals surface area contributed by atoms with E-state index in [9.17, 15) is 8.78 Å². The summed E-state index contributed by atoms with van der Waals surface area (Å²) in [5.41, 5.74) is 0.286. The molecule has 0 heterocycles. The molecule has 0 amide bonds. The van der Waals surface area contributed by atoms with Gasteiger partial charge in [-0.1, -0.05) is 34.8 Å². The highest BCUT2D eigenvalue weighted by Crippen LogP contribution is 2.36. The zero-order chi connectivity index (χ0) is 11.5. The van der Waals surface area contributed by atoms with Gasteiger partial charge in [0.1, 0.15) is 11.6 Å². The van der Waals surface area contributed by atoms with Crippen LogP contribution in [-0.2, 0) is 0 Å². The van der Waals surface area contributed by atoms with Crippen molar-refractivity contribution in [1.82, 2.24) is 0 Å². The van der Waals surface area contributed by atoms with Crippen LogP contribution in [0.15, 0.2) is 18.2 Å². The van der Waals surface area contributed by atoms with Gasteiger partial charge in [0, 0.05) is 10.4 Å². The van der Waals surface area contributed by atoms with E-state index < -0.39 is 11.6 Å². The third-order valence-electron chi connectivity index (χ3n) is 3.27. The van der Waals surface area contributed by atoms with Crippen molar-refractivity contribution in [3.05, 3.63) is 35.4 Å². The zero-order valence-corrected chi connectivity index (χ0v) is 10.6. The molecule has 2 unspecified atom stereocenters.